The number of benzene rings is 2. The van der Waals surface area contributed by atoms with E-state index >= 15 is 4.39 Å². The van der Waals surface area contributed by atoms with Crippen molar-refractivity contribution in [2.45, 2.75) is 31.7 Å². The number of piperazine rings is 1. The highest BCUT2D eigenvalue weighted by atomic mass is 79.9. The largest absolute Gasteiger partial charge is 0.491 e. The third-order valence-corrected chi connectivity index (χ3v) is 11.1. The summed E-state index contributed by atoms with van der Waals surface area (Å²) < 4.78 is 48.9. The highest BCUT2D eigenvalue weighted by Crippen LogP contribution is 2.44. The van der Waals surface area contributed by atoms with Crippen LogP contribution in [-0.4, -0.2) is 100.0 Å². The van der Waals surface area contributed by atoms with Crippen LogP contribution in [0.5, 0.6) is 5.75 Å². The molecule has 3 aromatic rings. The molecule has 45 heavy (non-hydrogen) atoms. The first-order valence-corrected chi connectivity index (χ1v) is 18.1. The van der Waals surface area contributed by atoms with Crippen LogP contribution in [0, 0.1) is 5.82 Å². The van der Waals surface area contributed by atoms with E-state index in [1.54, 1.807) is 6.20 Å². The SMILES string of the molecule is CN1CCN(C2CCN(c3c(F)cc(Nc4ncc(Br)c(Nc5cccc6c5N(S(C)(=O)=O)CC6)n4)c4c3CCO4)CC2)CC1. The van der Waals surface area contributed by atoms with Gasteiger partial charge in [0.15, 0.2) is 0 Å². The minimum atomic E-state index is -3.44. The first-order valence-electron chi connectivity index (χ1n) is 15.5. The maximum atomic E-state index is 15.9. The number of likely N-dealkylation sites (N-methyl/N-ethyl adjacent to an activating group) is 1. The first kappa shape index (κ1) is 30.5. The predicted molar refractivity (Wildman–Crippen MR) is 179 cm³/mol. The molecule has 0 unspecified atom stereocenters. The van der Waals surface area contributed by atoms with Crippen molar-refractivity contribution < 1.29 is 17.5 Å². The second-order valence-electron chi connectivity index (χ2n) is 12.3. The molecule has 5 heterocycles. The second kappa shape index (κ2) is 12.2. The number of rotatable bonds is 7. The van der Waals surface area contributed by atoms with E-state index in [9.17, 15) is 8.42 Å². The molecule has 0 saturated carbocycles. The molecule has 0 radical (unpaired) electrons. The number of nitrogens with one attached hydrogen (secondary N) is 2. The topological polar surface area (TPSA) is 106 Å². The van der Waals surface area contributed by atoms with E-state index in [1.165, 1.54) is 16.6 Å². The van der Waals surface area contributed by atoms with Gasteiger partial charge in [0.25, 0.3) is 0 Å². The number of para-hydroxylation sites is 1. The molecule has 0 spiro atoms. The molecule has 0 bridgehead atoms. The molecule has 4 aliphatic rings. The van der Waals surface area contributed by atoms with Gasteiger partial charge in [-0.05, 0) is 53.9 Å². The molecule has 0 aliphatic carbocycles. The molecular weight excluding hydrogens is 663 g/mol. The lowest BCUT2D eigenvalue weighted by atomic mass is 9.99. The number of anilines is 6. The van der Waals surface area contributed by atoms with Crippen LogP contribution in [0.15, 0.2) is 34.9 Å². The summed E-state index contributed by atoms with van der Waals surface area (Å²) in [6.45, 7) is 6.92. The van der Waals surface area contributed by atoms with Gasteiger partial charge in [-0.2, -0.15) is 4.98 Å². The zero-order valence-corrected chi connectivity index (χ0v) is 27.9. The van der Waals surface area contributed by atoms with E-state index in [0.717, 1.165) is 63.2 Å². The summed E-state index contributed by atoms with van der Waals surface area (Å²) in [4.78, 5) is 16.2. The monoisotopic (exact) mass is 700 g/mol. The smallest absolute Gasteiger partial charge is 0.232 e. The molecule has 4 aliphatic heterocycles. The van der Waals surface area contributed by atoms with Crippen molar-refractivity contribution in [2.75, 3.05) is 85.6 Å². The molecule has 2 saturated heterocycles. The van der Waals surface area contributed by atoms with E-state index in [1.807, 2.05) is 18.2 Å². The molecule has 14 heteroatoms. The third kappa shape index (κ3) is 6.05. The number of fused-ring (bicyclic) bond motifs is 2. The van der Waals surface area contributed by atoms with Gasteiger partial charge in [0.05, 0.1) is 40.1 Å². The van der Waals surface area contributed by atoms with Crippen LogP contribution >= 0.6 is 15.9 Å². The molecule has 11 nitrogen and oxygen atoms in total. The van der Waals surface area contributed by atoms with Gasteiger partial charge in [0, 0.05) is 76.1 Å². The van der Waals surface area contributed by atoms with E-state index in [4.69, 9.17) is 4.74 Å². The average molecular weight is 702 g/mol. The Morgan fingerprint density at radius 3 is 2.53 bits per heavy atom. The predicted octanol–water partition coefficient (Wildman–Crippen LogP) is 4.34. The molecular formula is C31H38BrFN8O3S. The van der Waals surface area contributed by atoms with Crippen molar-refractivity contribution in [1.29, 1.82) is 0 Å². The fourth-order valence-corrected chi connectivity index (χ4v) is 8.28. The summed E-state index contributed by atoms with van der Waals surface area (Å²) in [5, 5.41) is 6.47. The minimum Gasteiger partial charge on any atom is -0.491 e. The molecule has 0 atom stereocenters. The Labute approximate surface area is 271 Å². The third-order valence-electron chi connectivity index (χ3n) is 9.33. The van der Waals surface area contributed by atoms with Gasteiger partial charge >= 0.3 is 0 Å². The maximum Gasteiger partial charge on any atom is 0.232 e. The Hall–Kier alpha value is -3.20. The van der Waals surface area contributed by atoms with Crippen LogP contribution < -0.4 is 24.6 Å². The van der Waals surface area contributed by atoms with Crippen LogP contribution in [-0.2, 0) is 22.9 Å². The summed E-state index contributed by atoms with van der Waals surface area (Å²) >= 11 is 3.51. The Morgan fingerprint density at radius 1 is 1.00 bits per heavy atom. The molecule has 2 N–H and O–H groups in total. The number of sulfonamides is 1. The maximum absolute atomic E-state index is 15.9. The fourth-order valence-electron chi connectivity index (χ4n) is 7.02. The minimum absolute atomic E-state index is 0.256. The van der Waals surface area contributed by atoms with Crippen LogP contribution in [0.4, 0.5) is 38.9 Å². The van der Waals surface area contributed by atoms with Gasteiger partial charge in [-0.1, -0.05) is 12.1 Å². The summed E-state index contributed by atoms with van der Waals surface area (Å²) in [7, 11) is -1.27. The Balaban J connectivity index is 1.10. The number of nitrogens with zero attached hydrogens (tertiary/aromatic N) is 6. The molecule has 7 rings (SSSR count). The van der Waals surface area contributed by atoms with Crippen molar-refractivity contribution in [3.05, 3.63) is 51.9 Å². The number of halogens is 2. The normalized spacial score (nSPS) is 19.4. The zero-order chi connectivity index (χ0) is 31.3. The molecule has 240 valence electrons. The molecule has 1 aromatic heterocycles. The number of ether oxygens (including phenoxy) is 1. The molecule has 2 fully saturated rings. The lowest BCUT2D eigenvalue weighted by Gasteiger charge is -2.43. The van der Waals surface area contributed by atoms with E-state index in [2.05, 4.69) is 58.3 Å². The Morgan fingerprint density at radius 2 is 1.78 bits per heavy atom. The first-order chi connectivity index (χ1) is 21.7. The summed E-state index contributed by atoms with van der Waals surface area (Å²) in [6, 6.07) is 7.68. The number of piperidine rings is 1. The lowest BCUT2D eigenvalue weighted by Crippen LogP contribution is -2.52. The summed E-state index contributed by atoms with van der Waals surface area (Å²) in [5.41, 5.74) is 4.20. The van der Waals surface area contributed by atoms with Crippen LogP contribution in [0.25, 0.3) is 0 Å². The standard InChI is InChI=1S/C31H38BrFN8O3S/c1-38-13-15-39(16-14-38)21-7-10-40(11-8-21)28-22-9-17-44-29(22)26(18-24(28)33)36-31-34-19-23(32)30(37-31)35-25-5-3-4-20-6-12-41(27(20)25)45(2,42)43/h3-5,18-19,21H,6-17H2,1-2H3,(H2,34,35,36,37). The van der Waals surface area contributed by atoms with Gasteiger partial charge in [0.2, 0.25) is 16.0 Å². The highest BCUT2D eigenvalue weighted by Gasteiger charge is 2.33. The second-order valence-corrected chi connectivity index (χ2v) is 15.0. The van der Waals surface area contributed by atoms with Crippen LogP contribution in [0.3, 0.4) is 0 Å². The Bertz CT molecular complexity index is 1710. The van der Waals surface area contributed by atoms with Crippen molar-refractivity contribution in [3.63, 3.8) is 0 Å². The van der Waals surface area contributed by atoms with E-state index < -0.39 is 10.0 Å². The van der Waals surface area contributed by atoms with Crippen molar-refractivity contribution in [3.8, 4) is 5.75 Å². The van der Waals surface area contributed by atoms with Crippen molar-refractivity contribution >= 4 is 60.5 Å². The van der Waals surface area contributed by atoms with Crippen molar-refractivity contribution in [2.24, 2.45) is 0 Å². The quantitative estimate of drug-likeness (QED) is 0.370. The van der Waals surface area contributed by atoms with Gasteiger partial charge in [-0.3, -0.25) is 9.21 Å². The zero-order valence-electron chi connectivity index (χ0n) is 25.5. The molecule has 0 amide bonds. The lowest BCUT2D eigenvalue weighted by molar-refractivity contribution is 0.0981. The number of hydrogen-bond acceptors (Lipinski definition) is 10. The van der Waals surface area contributed by atoms with Gasteiger partial charge in [0.1, 0.15) is 17.4 Å². The van der Waals surface area contributed by atoms with Crippen molar-refractivity contribution in [1.82, 2.24) is 19.8 Å². The van der Waals surface area contributed by atoms with Gasteiger partial charge < -0.3 is 25.2 Å². The van der Waals surface area contributed by atoms with Crippen LogP contribution in [0.1, 0.15) is 24.0 Å². The van der Waals surface area contributed by atoms with Crippen LogP contribution in [0.2, 0.25) is 0 Å². The highest BCUT2D eigenvalue weighted by molar-refractivity contribution is 9.10. The van der Waals surface area contributed by atoms with Gasteiger partial charge in [-0.15, -0.1) is 0 Å². The van der Waals surface area contributed by atoms with E-state index in [0.29, 0.717) is 70.8 Å². The Kier molecular flexibility index (Phi) is 8.25. The van der Waals surface area contributed by atoms with Gasteiger partial charge in [-0.25, -0.2) is 17.8 Å². The summed E-state index contributed by atoms with van der Waals surface area (Å²) in [6.07, 6.45) is 6.13. The number of aromatic nitrogens is 2. The fraction of sp³-hybridized carbons (Fsp3) is 0.484. The molecule has 2 aromatic carbocycles. The number of hydrogen-bond donors (Lipinski definition) is 2. The van der Waals surface area contributed by atoms with E-state index in [-0.39, 0.29) is 11.8 Å². The summed E-state index contributed by atoms with van der Waals surface area (Å²) in [5.74, 6) is 1.06. The average Bonchev–Trinajstić information content (AvgIpc) is 3.68.